The lowest BCUT2D eigenvalue weighted by Crippen LogP contribution is -2.30. The summed E-state index contributed by atoms with van der Waals surface area (Å²) >= 11 is 0. The topological polar surface area (TPSA) is 28.2 Å². The number of hydrogen-bond donors (Lipinski definition) is 1. The minimum atomic E-state index is 0.612. The molecule has 0 aromatic carbocycles. The second-order valence-electron chi connectivity index (χ2n) is 5.87. The standard InChI is InChI=1S/C16H29N3/c1-14(2)11-17-9-5-7-15(3)19(4)13-16-8-6-10-18-12-16/h6,8,10,12,14-15,17H,5,7,9,11,13H2,1-4H3. The number of rotatable bonds is 9. The molecule has 1 heterocycles. The highest BCUT2D eigenvalue weighted by molar-refractivity contribution is 5.08. The van der Waals surface area contributed by atoms with E-state index in [1.807, 2.05) is 18.5 Å². The van der Waals surface area contributed by atoms with Crippen molar-refractivity contribution in [1.29, 1.82) is 0 Å². The summed E-state index contributed by atoms with van der Waals surface area (Å²) in [5.41, 5.74) is 1.29. The molecule has 1 aromatic rings. The molecule has 0 fully saturated rings. The van der Waals surface area contributed by atoms with E-state index in [4.69, 9.17) is 0 Å². The average molecular weight is 263 g/mol. The predicted molar refractivity (Wildman–Crippen MR) is 82.1 cm³/mol. The minimum absolute atomic E-state index is 0.612. The Bertz CT molecular complexity index is 324. The van der Waals surface area contributed by atoms with Crippen LogP contribution < -0.4 is 5.32 Å². The minimum Gasteiger partial charge on any atom is -0.316 e. The first-order chi connectivity index (χ1) is 9.09. The van der Waals surface area contributed by atoms with Gasteiger partial charge in [0.15, 0.2) is 0 Å². The Balaban J connectivity index is 2.16. The lowest BCUT2D eigenvalue weighted by atomic mass is 10.1. The highest BCUT2D eigenvalue weighted by Gasteiger charge is 2.09. The maximum absolute atomic E-state index is 4.16. The van der Waals surface area contributed by atoms with Gasteiger partial charge in [-0.25, -0.2) is 0 Å². The van der Waals surface area contributed by atoms with Crippen molar-refractivity contribution < 1.29 is 0 Å². The van der Waals surface area contributed by atoms with Gasteiger partial charge in [0.25, 0.3) is 0 Å². The Kier molecular flexibility index (Phi) is 7.68. The van der Waals surface area contributed by atoms with E-state index in [0.29, 0.717) is 6.04 Å². The molecular formula is C16H29N3. The van der Waals surface area contributed by atoms with Gasteiger partial charge in [-0.3, -0.25) is 9.88 Å². The second-order valence-corrected chi connectivity index (χ2v) is 5.87. The van der Waals surface area contributed by atoms with Gasteiger partial charge in [-0.2, -0.15) is 0 Å². The Morgan fingerprint density at radius 1 is 1.32 bits per heavy atom. The van der Waals surface area contributed by atoms with Crippen molar-refractivity contribution in [2.75, 3.05) is 20.1 Å². The zero-order valence-corrected chi connectivity index (χ0v) is 12.9. The maximum Gasteiger partial charge on any atom is 0.0312 e. The van der Waals surface area contributed by atoms with Crippen LogP contribution in [0.2, 0.25) is 0 Å². The molecule has 0 radical (unpaired) electrons. The predicted octanol–water partition coefficient (Wildman–Crippen LogP) is 2.93. The van der Waals surface area contributed by atoms with Crippen LogP contribution in [0.3, 0.4) is 0 Å². The molecule has 3 heteroatoms. The molecule has 0 amide bonds. The van der Waals surface area contributed by atoms with E-state index < -0.39 is 0 Å². The molecule has 1 unspecified atom stereocenters. The van der Waals surface area contributed by atoms with Crippen LogP contribution in [0.25, 0.3) is 0 Å². The van der Waals surface area contributed by atoms with Gasteiger partial charge in [-0.15, -0.1) is 0 Å². The molecule has 0 spiro atoms. The third kappa shape index (κ3) is 7.28. The Morgan fingerprint density at radius 2 is 2.11 bits per heavy atom. The lowest BCUT2D eigenvalue weighted by Gasteiger charge is -2.24. The molecule has 1 aromatic heterocycles. The molecule has 0 aliphatic heterocycles. The summed E-state index contributed by atoms with van der Waals surface area (Å²) < 4.78 is 0. The van der Waals surface area contributed by atoms with E-state index in [1.54, 1.807) is 0 Å². The first-order valence-electron chi connectivity index (χ1n) is 7.39. The van der Waals surface area contributed by atoms with Crippen LogP contribution in [0.15, 0.2) is 24.5 Å². The maximum atomic E-state index is 4.16. The van der Waals surface area contributed by atoms with Crippen molar-refractivity contribution >= 4 is 0 Å². The molecule has 1 N–H and O–H groups in total. The van der Waals surface area contributed by atoms with E-state index in [1.165, 1.54) is 18.4 Å². The normalized spacial score (nSPS) is 13.2. The fourth-order valence-corrected chi connectivity index (χ4v) is 2.07. The summed E-state index contributed by atoms with van der Waals surface area (Å²) in [6.45, 7) is 10.0. The van der Waals surface area contributed by atoms with E-state index in [2.05, 4.69) is 49.1 Å². The molecule has 1 atom stereocenters. The van der Waals surface area contributed by atoms with Crippen molar-refractivity contribution in [2.24, 2.45) is 5.92 Å². The van der Waals surface area contributed by atoms with Crippen LogP contribution in [-0.2, 0) is 6.54 Å². The van der Waals surface area contributed by atoms with Gasteiger partial charge < -0.3 is 5.32 Å². The first kappa shape index (κ1) is 16.1. The summed E-state index contributed by atoms with van der Waals surface area (Å²) in [4.78, 5) is 6.57. The van der Waals surface area contributed by atoms with Crippen molar-refractivity contribution in [2.45, 2.75) is 46.2 Å². The lowest BCUT2D eigenvalue weighted by molar-refractivity contribution is 0.234. The van der Waals surface area contributed by atoms with Gasteiger partial charge >= 0.3 is 0 Å². The summed E-state index contributed by atoms with van der Waals surface area (Å²) in [6.07, 6.45) is 6.26. The number of hydrogen-bond acceptors (Lipinski definition) is 3. The van der Waals surface area contributed by atoms with E-state index in [9.17, 15) is 0 Å². The summed E-state index contributed by atoms with van der Waals surface area (Å²) in [6, 6.07) is 4.76. The van der Waals surface area contributed by atoms with Crippen molar-refractivity contribution in [1.82, 2.24) is 15.2 Å². The van der Waals surface area contributed by atoms with Gasteiger partial charge in [0.1, 0.15) is 0 Å². The first-order valence-corrected chi connectivity index (χ1v) is 7.39. The van der Waals surface area contributed by atoms with Gasteiger partial charge in [0, 0.05) is 25.0 Å². The molecule has 0 aliphatic rings. The summed E-state index contributed by atoms with van der Waals surface area (Å²) in [5.74, 6) is 0.741. The quantitative estimate of drug-likeness (QED) is 0.694. The fourth-order valence-electron chi connectivity index (χ4n) is 2.07. The second kappa shape index (κ2) is 9.05. The van der Waals surface area contributed by atoms with E-state index >= 15 is 0 Å². The fraction of sp³-hybridized carbons (Fsp3) is 0.688. The SMILES string of the molecule is CC(C)CNCCCC(C)N(C)Cc1cccnc1. The molecule has 1 rings (SSSR count). The van der Waals surface area contributed by atoms with E-state index in [0.717, 1.165) is 25.6 Å². The van der Waals surface area contributed by atoms with Crippen LogP contribution in [0.4, 0.5) is 0 Å². The molecule has 19 heavy (non-hydrogen) atoms. The summed E-state index contributed by atoms with van der Waals surface area (Å²) in [7, 11) is 2.19. The van der Waals surface area contributed by atoms with Crippen LogP contribution in [-0.4, -0.2) is 36.1 Å². The van der Waals surface area contributed by atoms with Crippen LogP contribution >= 0.6 is 0 Å². The van der Waals surface area contributed by atoms with Gasteiger partial charge in [0.05, 0.1) is 0 Å². The molecule has 0 saturated heterocycles. The molecule has 0 aliphatic carbocycles. The van der Waals surface area contributed by atoms with E-state index in [-0.39, 0.29) is 0 Å². The largest absolute Gasteiger partial charge is 0.316 e. The zero-order valence-electron chi connectivity index (χ0n) is 12.9. The van der Waals surface area contributed by atoms with Crippen molar-refractivity contribution in [3.63, 3.8) is 0 Å². The van der Waals surface area contributed by atoms with Gasteiger partial charge in [-0.05, 0) is 57.5 Å². The van der Waals surface area contributed by atoms with Crippen LogP contribution in [0.5, 0.6) is 0 Å². The molecule has 0 saturated carbocycles. The number of nitrogens with one attached hydrogen (secondary N) is 1. The highest BCUT2D eigenvalue weighted by atomic mass is 15.1. The third-order valence-electron chi connectivity index (χ3n) is 3.44. The number of pyridine rings is 1. The number of nitrogens with zero attached hydrogens (tertiary/aromatic N) is 2. The average Bonchev–Trinajstić information content (AvgIpc) is 2.38. The Labute approximate surface area is 118 Å². The highest BCUT2D eigenvalue weighted by Crippen LogP contribution is 2.08. The summed E-state index contributed by atoms with van der Waals surface area (Å²) in [5, 5.41) is 3.50. The monoisotopic (exact) mass is 263 g/mol. The third-order valence-corrected chi connectivity index (χ3v) is 3.44. The Hall–Kier alpha value is -0.930. The van der Waals surface area contributed by atoms with Gasteiger partial charge in [-0.1, -0.05) is 19.9 Å². The molecular weight excluding hydrogens is 234 g/mol. The molecule has 108 valence electrons. The zero-order chi connectivity index (χ0) is 14.1. The molecule has 3 nitrogen and oxygen atoms in total. The van der Waals surface area contributed by atoms with Gasteiger partial charge in [0.2, 0.25) is 0 Å². The van der Waals surface area contributed by atoms with Crippen LogP contribution in [0.1, 0.15) is 39.2 Å². The smallest absolute Gasteiger partial charge is 0.0312 e. The number of aromatic nitrogens is 1. The molecule has 0 bridgehead atoms. The van der Waals surface area contributed by atoms with Crippen molar-refractivity contribution in [3.05, 3.63) is 30.1 Å². The van der Waals surface area contributed by atoms with Crippen LogP contribution in [0, 0.1) is 5.92 Å². The Morgan fingerprint density at radius 3 is 2.74 bits per heavy atom. The van der Waals surface area contributed by atoms with Crippen molar-refractivity contribution in [3.8, 4) is 0 Å².